The van der Waals surface area contributed by atoms with E-state index in [0.717, 1.165) is 30.3 Å². The molecule has 1 aliphatic heterocycles. The molecule has 0 radical (unpaired) electrons. The van der Waals surface area contributed by atoms with Crippen LogP contribution in [0, 0.1) is 6.92 Å². The Kier molecular flexibility index (Phi) is 3.81. The zero-order chi connectivity index (χ0) is 10.7. The second kappa shape index (κ2) is 5.12. The highest BCUT2D eigenvalue weighted by Gasteiger charge is 2.22. The van der Waals surface area contributed by atoms with E-state index in [9.17, 15) is 0 Å². The van der Waals surface area contributed by atoms with Crippen molar-refractivity contribution in [2.24, 2.45) is 0 Å². The third-order valence-electron chi connectivity index (χ3n) is 3.23. The summed E-state index contributed by atoms with van der Waals surface area (Å²) >= 11 is 3.59. The summed E-state index contributed by atoms with van der Waals surface area (Å²) in [5.41, 5.74) is 0. The van der Waals surface area contributed by atoms with Gasteiger partial charge in [-0.1, -0.05) is 15.9 Å². The Morgan fingerprint density at radius 1 is 1.53 bits per heavy atom. The molecule has 1 unspecified atom stereocenters. The zero-order valence-electron chi connectivity index (χ0n) is 9.19. The summed E-state index contributed by atoms with van der Waals surface area (Å²) in [7, 11) is 0. The normalized spacial score (nSPS) is 22.4. The molecule has 4 heteroatoms. The number of aromatic nitrogens is 2. The molecule has 0 aliphatic carbocycles. The fourth-order valence-electron chi connectivity index (χ4n) is 2.24. The van der Waals surface area contributed by atoms with Crippen molar-refractivity contribution in [2.45, 2.75) is 32.4 Å². The van der Waals surface area contributed by atoms with Crippen LogP contribution in [-0.2, 0) is 6.54 Å². The topological polar surface area (TPSA) is 21.1 Å². The number of halogens is 1. The standard InChI is InChI=1S/C11H18BrN3/c1-10-13-4-6-14(10)7-8-15-5-2-3-11(15)9-12/h4,6,11H,2-3,5,7-9H2,1H3. The van der Waals surface area contributed by atoms with Gasteiger partial charge in [0.25, 0.3) is 0 Å². The maximum atomic E-state index is 4.24. The van der Waals surface area contributed by atoms with E-state index in [-0.39, 0.29) is 0 Å². The third kappa shape index (κ3) is 2.61. The van der Waals surface area contributed by atoms with Gasteiger partial charge >= 0.3 is 0 Å². The van der Waals surface area contributed by atoms with E-state index >= 15 is 0 Å². The summed E-state index contributed by atoms with van der Waals surface area (Å²) in [6.45, 7) is 5.53. The molecule has 0 N–H and O–H groups in total. The second-order valence-corrected chi connectivity index (χ2v) is 4.80. The van der Waals surface area contributed by atoms with E-state index in [4.69, 9.17) is 0 Å². The molecular weight excluding hydrogens is 254 g/mol. The van der Waals surface area contributed by atoms with Gasteiger partial charge in [0.2, 0.25) is 0 Å². The number of nitrogens with zero attached hydrogens (tertiary/aromatic N) is 3. The van der Waals surface area contributed by atoms with Crippen LogP contribution in [0.25, 0.3) is 0 Å². The van der Waals surface area contributed by atoms with Crippen molar-refractivity contribution in [3.8, 4) is 0 Å². The van der Waals surface area contributed by atoms with Gasteiger partial charge in [-0.25, -0.2) is 4.98 Å². The highest BCUT2D eigenvalue weighted by atomic mass is 79.9. The average Bonchev–Trinajstić information content (AvgIpc) is 2.83. The van der Waals surface area contributed by atoms with Crippen molar-refractivity contribution in [1.29, 1.82) is 0 Å². The first-order valence-corrected chi connectivity index (χ1v) is 6.71. The molecule has 1 atom stereocenters. The molecule has 1 aromatic heterocycles. The molecule has 0 aromatic carbocycles. The minimum absolute atomic E-state index is 0.744. The van der Waals surface area contributed by atoms with Crippen molar-refractivity contribution in [3.63, 3.8) is 0 Å². The molecule has 0 bridgehead atoms. The number of rotatable bonds is 4. The molecule has 84 valence electrons. The lowest BCUT2D eigenvalue weighted by Crippen LogP contribution is -2.33. The van der Waals surface area contributed by atoms with Crippen LogP contribution in [0.15, 0.2) is 12.4 Å². The minimum atomic E-state index is 0.744. The van der Waals surface area contributed by atoms with Crippen LogP contribution in [0.2, 0.25) is 0 Å². The number of hydrogen-bond donors (Lipinski definition) is 0. The van der Waals surface area contributed by atoms with Crippen LogP contribution in [0.3, 0.4) is 0 Å². The van der Waals surface area contributed by atoms with Crippen LogP contribution >= 0.6 is 15.9 Å². The van der Waals surface area contributed by atoms with E-state index in [2.05, 4.69) is 43.5 Å². The molecule has 2 heterocycles. The Morgan fingerprint density at radius 3 is 3.07 bits per heavy atom. The van der Waals surface area contributed by atoms with Crippen LogP contribution in [-0.4, -0.2) is 38.9 Å². The summed E-state index contributed by atoms with van der Waals surface area (Å²) in [5.74, 6) is 1.12. The first kappa shape index (κ1) is 11.1. The SMILES string of the molecule is Cc1nccn1CCN1CCCC1CBr. The van der Waals surface area contributed by atoms with Crippen LogP contribution in [0.1, 0.15) is 18.7 Å². The Bertz CT molecular complexity index is 311. The molecular formula is C11H18BrN3. The quantitative estimate of drug-likeness (QED) is 0.782. The van der Waals surface area contributed by atoms with E-state index in [1.807, 2.05) is 6.20 Å². The molecule has 1 saturated heterocycles. The molecule has 3 nitrogen and oxygen atoms in total. The highest BCUT2D eigenvalue weighted by Crippen LogP contribution is 2.18. The Morgan fingerprint density at radius 2 is 2.40 bits per heavy atom. The molecule has 1 fully saturated rings. The molecule has 15 heavy (non-hydrogen) atoms. The van der Waals surface area contributed by atoms with Gasteiger partial charge in [0.1, 0.15) is 5.82 Å². The highest BCUT2D eigenvalue weighted by molar-refractivity contribution is 9.09. The molecule has 2 rings (SSSR count). The fraction of sp³-hybridized carbons (Fsp3) is 0.727. The van der Waals surface area contributed by atoms with Gasteiger partial charge < -0.3 is 4.57 Å². The van der Waals surface area contributed by atoms with Gasteiger partial charge in [-0.15, -0.1) is 0 Å². The Labute approximate surface area is 99.6 Å². The maximum absolute atomic E-state index is 4.24. The zero-order valence-corrected chi connectivity index (χ0v) is 10.8. The summed E-state index contributed by atoms with van der Waals surface area (Å²) in [5, 5.41) is 1.11. The average molecular weight is 272 g/mol. The molecule has 1 aromatic rings. The van der Waals surface area contributed by atoms with Crippen molar-refractivity contribution in [2.75, 3.05) is 18.4 Å². The summed E-state index contributed by atoms with van der Waals surface area (Å²) < 4.78 is 2.23. The predicted octanol–water partition coefficient (Wildman–Crippen LogP) is 2.05. The fourth-order valence-corrected chi connectivity index (χ4v) is 2.97. The predicted molar refractivity (Wildman–Crippen MR) is 65.4 cm³/mol. The first-order chi connectivity index (χ1) is 7.31. The monoisotopic (exact) mass is 271 g/mol. The molecule has 1 aliphatic rings. The minimum Gasteiger partial charge on any atom is -0.334 e. The first-order valence-electron chi connectivity index (χ1n) is 5.59. The number of likely N-dealkylation sites (tertiary alicyclic amines) is 1. The van der Waals surface area contributed by atoms with E-state index in [1.54, 1.807) is 0 Å². The molecule has 0 saturated carbocycles. The Hall–Kier alpha value is -0.350. The van der Waals surface area contributed by atoms with Gasteiger partial charge in [0, 0.05) is 36.9 Å². The van der Waals surface area contributed by atoms with Crippen molar-refractivity contribution >= 4 is 15.9 Å². The number of alkyl halides is 1. The number of hydrogen-bond acceptors (Lipinski definition) is 2. The Balaban J connectivity index is 1.85. The van der Waals surface area contributed by atoms with Crippen molar-refractivity contribution < 1.29 is 0 Å². The van der Waals surface area contributed by atoms with E-state index in [0.29, 0.717) is 0 Å². The van der Waals surface area contributed by atoms with Gasteiger partial charge in [-0.05, 0) is 26.3 Å². The smallest absolute Gasteiger partial charge is 0.105 e. The summed E-state index contributed by atoms with van der Waals surface area (Å²) in [6, 6.07) is 0.744. The summed E-state index contributed by atoms with van der Waals surface area (Å²) in [4.78, 5) is 6.81. The lowest BCUT2D eigenvalue weighted by atomic mass is 10.2. The largest absolute Gasteiger partial charge is 0.334 e. The maximum Gasteiger partial charge on any atom is 0.105 e. The number of aryl methyl sites for hydroxylation is 1. The third-order valence-corrected chi connectivity index (χ3v) is 3.98. The van der Waals surface area contributed by atoms with Gasteiger partial charge in [0.05, 0.1) is 0 Å². The van der Waals surface area contributed by atoms with Crippen molar-refractivity contribution in [1.82, 2.24) is 14.5 Å². The van der Waals surface area contributed by atoms with Gasteiger partial charge in [-0.2, -0.15) is 0 Å². The van der Waals surface area contributed by atoms with E-state index in [1.165, 1.54) is 19.4 Å². The molecule has 0 spiro atoms. The second-order valence-electron chi connectivity index (χ2n) is 4.15. The van der Waals surface area contributed by atoms with Gasteiger partial charge in [0.15, 0.2) is 0 Å². The lowest BCUT2D eigenvalue weighted by molar-refractivity contribution is 0.261. The lowest BCUT2D eigenvalue weighted by Gasteiger charge is -2.22. The summed E-state index contributed by atoms with van der Waals surface area (Å²) in [6.07, 6.45) is 6.63. The van der Waals surface area contributed by atoms with E-state index < -0.39 is 0 Å². The van der Waals surface area contributed by atoms with Crippen molar-refractivity contribution in [3.05, 3.63) is 18.2 Å². The van der Waals surface area contributed by atoms with Crippen LogP contribution in [0.4, 0.5) is 0 Å². The van der Waals surface area contributed by atoms with Crippen LogP contribution < -0.4 is 0 Å². The molecule has 0 amide bonds. The van der Waals surface area contributed by atoms with Gasteiger partial charge in [-0.3, -0.25) is 4.90 Å². The van der Waals surface area contributed by atoms with Crippen LogP contribution in [0.5, 0.6) is 0 Å². The number of imidazole rings is 1.